The number of ether oxygens (including phenoxy) is 2. The molecule has 1 aromatic rings. The maximum Gasteiger partial charge on any atom is 0.328 e. The van der Waals surface area contributed by atoms with Gasteiger partial charge in [-0.1, -0.05) is 30.3 Å². The molecule has 3 atom stereocenters. The summed E-state index contributed by atoms with van der Waals surface area (Å²) in [5, 5.41) is 18.0. The van der Waals surface area contributed by atoms with E-state index in [1.54, 1.807) is 6.92 Å². The van der Waals surface area contributed by atoms with Gasteiger partial charge in [0.1, 0.15) is 11.6 Å². The zero-order valence-electron chi connectivity index (χ0n) is 21.4. The number of amides is 3. The quantitative estimate of drug-likeness (QED) is 0.429. The molecule has 11 heteroatoms. The molecule has 37 heavy (non-hydrogen) atoms. The molecule has 3 amide bonds. The molecular formula is C26H38N4O7. The summed E-state index contributed by atoms with van der Waals surface area (Å²) in [5.74, 6) is -2.50. The Hall–Kier alpha value is -3.02. The van der Waals surface area contributed by atoms with Crippen molar-refractivity contribution in [1.29, 1.82) is 0 Å². The van der Waals surface area contributed by atoms with Gasteiger partial charge in [0.25, 0.3) is 0 Å². The summed E-state index contributed by atoms with van der Waals surface area (Å²) < 4.78 is 11.3. The third-order valence-corrected chi connectivity index (χ3v) is 6.67. The molecule has 2 heterocycles. The normalized spacial score (nSPS) is 26.9. The Labute approximate surface area is 217 Å². The van der Waals surface area contributed by atoms with Crippen LogP contribution in [-0.2, 0) is 35.1 Å². The second kappa shape index (κ2) is 14.1. The van der Waals surface area contributed by atoms with Crippen molar-refractivity contribution >= 4 is 23.7 Å². The lowest BCUT2D eigenvalue weighted by atomic mass is 10.0. The number of rotatable bonds is 5. The van der Waals surface area contributed by atoms with Crippen LogP contribution in [0.3, 0.4) is 0 Å². The molecule has 11 nitrogen and oxygen atoms in total. The molecule has 0 bridgehead atoms. The maximum absolute atomic E-state index is 13.2. The van der Waals surface area contributed by atoms with Crippen molar-refractivity contribution in [3.8, 4) is 0 Å². The summed E-state index contributed by atoms with van der Waals surface area (Å²) in [4.78, 5) is 51.9. The monoisotopic (exact) mass is 518 g/mol. The molecule has 4 N–H and O–H groups in total. The van der Waals surface area contributed by atoms with Gasteiger partial charge in [0.15, 0.2) is 6.04 Å². The number of aliphatic carboxylic acids is 1. The first kappa shape index (κ1) is 28.5. The molecule has 0 aromatic heterocycles. The van der Waals surface area contributed by atoms with Gasteiger partial charge >= 0.3 is 5.97 Å². The number of carbonyl (C=O) groups excluding carboxylic acids is 3. The molecule has 2 aliphatic rings. The molecule has 0 aliphatic carbocycles. The second-order valence-corrected chi connectivity index (χ2v) is 9.66. The van der Waals surface area contributed by atoms with Gasteiger partial charge in [-0.3, -0.25) is 14.4 Å². The Morgan fingerprint density at radius 2 is 1.86 bits per heavy atom. The number of carboxylic acids is 1. The van der Waals surface area contributed by atoms with Crippen LogP contribution in [0.15, 0.2) is 30.3 Å². The summed E-state index contributed by atoms with van der Waals surface area (Å²) in [6.07, 6.45) is 3.04. The van der Waals surface area contributed by atoms with E-state index in [1.165, 1.54) is 4.90 Å². The SMILES string of the molecule is C[C@@]1(NCCc2ccccc2)COCCCCOC[C@@H](C(=O)O)NC(=O)[C@@H]2CCCN2C(=O)CNC1=O. The van der Waals surface area contributed by atoms with Gasteiger partial charge < -0.3 is 35.4 Å². The number of hydrogen-bond donors (Lipinski definition) is 4. The van der Waals surface area contributed by atoms with Crippen LogP contribution in [0, 0.1) is 0 Å². The van der Waals surface area contributed by atoms with Gasteiger partial charge in [0, 0.05) is 26.3 Å². The van der Waals surface area contributed by atoms with Crippen molar-refractivity contribution < 1.29 is 33.8 Å². The number of carboxylic acid groups (broad SMARTS) is 1. The van der Waals surface area contributed by atoms with Gasteiger partial charge in [-0.25, -0.2) is 4.79 Å². The van der Waals surface area contributed by atoms with Gasteiger partial charge in [-0.15, -0.1) is 0 Å². The Morgan fingerprint density at radius 1 is 1.14 bits per heavy atom. The third kappa shape index (κ3) is 8.51. The van der Waals surface area contributed by atoms with E-state index in [2.05, 4.69) is 16.0 Å². The lowest BCUT2D eigenvalue weighted by molar-refractivity contribution is -0.145. The van der Waals surface area contributed by atoms with E-state index in [4.69, 9.17) is 9.47 Å². The fourth-order valence-corrected chi connectivity index (χ4v) is 4.44. The minimum Gasteiger partial charge on any atom is -0.480 e. The molecule has 2 saturated heterocycles. The highest BCUT2D eigenvalue weighted by molar-refractivity contribution is 5.93. The first-order valence-electron chi connectivity index (χ1n) is 12.9. The summed E-state index contributed by atoms with van der Waals surface area (Å²) in [7, 11) is 0. The molecule has 2 aliphatic heterocycles. The zero-order valence-corrected chi connectivity index (χ0v) is 21.4. The van der Waals surface area contributed by atoms with E-state index in [9.17, 15) is 24.3 Å². The first-order valence-corrected chi connectivity index (χ1v) is 12.9. The zero-order chi connectivity index (χ0) is 26.7. The minimum atomic E-state index is -1.21. The predicted molar refractivity (Wildman–Crippen MR) is 135 cm³/mol. The van der Waals surface area contributed by atoms with Gasteiger partial charge in [-0.2, -0.15) is 0 Å². The Bertz CT molecular complexity index is 929. The van der Waals surface area contributed by atoms with E-state index in [1.807, 2.05) is 30.3 Å². The topological polar surface area (TPSA) is 146 Å². The molecule has 0 spiro atoms. The van der Waals surface area contributed by atoms with Crippen molar-refractivity contribution in [3.63, 3.8) is 0 Å². The standard InChI is InChI=1S/C26H38N4O7/c1-26(28-12-11-19-8-3-2-4-9-19)18-37-15-6-5-14-36-17-20(24(33)34)29-23(32)21-10-7-13-30(21)22(31)16-27-25(26)35/h2-4,8-9,20-21,28H,5-7,10-18H2,1H3,(H,27,35)(H,29,32)(H,33,34)/t20-,21-,26+/m0/s1. The minimum absolute atomic E-state index is 0.110. The van der Waals surface area contributed by atoms with Crippen molar-refractivity contribution in [1.82, 2.24) is 20.9 Å². The van der Waals surface area contributed by atoms with Crippen molar-refractivity contribution in [3.05, 3.63) is 35.9 Å². The number of benzene rings is 1. The number of hydrogen-bond acceptors (Lipinski definition) is 7. The fourth-order valence-electron chi connectivity index (χ4n) is 4.44. The van der Waals surface area contributed by atoms with Crippen molar-refractivity contribution in [2.24, 2.45) is 0 Å². The second-order valence-electron chi connectivity index (χ2n) is 9.66. The predicted octanol–water partition coefficient (Wildman–Crippen LogP) is 0.0810. The van der Waals surface area contributed by atoms with Crippen LogP contribution < -0.4 is 16.0 Å². The smallest absolute Gasteiger partial charge is 0.328 e. The lowest BCUT2D eigenvalue weighted by Gasteiger charge is -2.31. The number of carbonyl (C=O) groups is 4. The fraction of sp³-hybridized carbons (Fsp3) is 0.615. The molecule has 0 radical (unpaired) electrons. The van der Waals surface area contributed by atoms with E-state index < -0.39 is 35.4 Å². The highest BCUT2D eigenvalue weighted by atomic mass is 16.5. The van der Waals surface area contributed by atoms with E-state index in [-0.39, 0.29) is 25.7 Å². The molecule has 0 unspecified atom stereocenters. The number of fused-ring (bicyclic) bond motifs is 1. The van der Waals surface area contributed by atoms with Crippen LogP contribution in [-0.4, -0.2) is 97.4 Å². The Morgan fingerprint density at radius 3 is 2.59 bits per heavy atom. The van der Waals surface area contributed by atoms with Crippen molar-refractivity contribution in [2.75, 3.05) is 46.1 Å². The van der Waals surface area contributed by atoms with E-state index in [0.29, 0.717) is 52.0 Å². The largest absolute Gasteiger partial charge is 0.480 e. The average Bonchev–Trinajstić information content (AvgIpc) is 3.38. The summed E-state index contributed by atoms with van der Waals surface area (Å²) >= 11 is 0. The van der Waals surface area contributed by atoms with Crippen LogP contribution in [0.25, 0.3) is 0 Å². The summed E-state index contributed by atoms with van der Waals surface area (Å²) in [6, 6.07) is 7.93. The maximum atomic E-state index is 13.2. The molecule has 204 valence electrons. The van der Waals surface area contributed by atoms with Crippen LogP contribution in [0.4, 0.5) is 0 Å². The Balaban J connectivity index is 1.67. The van der Waals surface area contributed by atoms with E-state index in [0.717, 1.165) is 12.0 Å². The lowest BCUT2D eigenvalue weighted by Crippen LogP contribution is -2.60. The van der Waals surface area contributed by atoms with Gasteiger partial charge in [-0.05, 0) is 44.6 Å². The highest BCUT2D eigenvalue weighted by Gasteiger charge is 2.37. The summed E-state index contributed by atoms with van der Waals surface area (Å²) in [6.45, 7) is 3.02. The molecule has 0 saturated carbocycles. The number of nitrogens with zero attached hydrogens (tertiary/aromatic N) is 1. The van der Waals surface area contributed by atoms with Crippen LogP contribution in [0.5, 0.6) is 0 Å². The van der Waals surface area contributed by atoms with Crippen LogP contribution in [0.2, 0.25) is 0 Å². The highest BCUT2D eigenvalue weighted by Crippen LogP contribution is 2.18. The molecule has 3 rings (SSSR count). The third-order valence-electron chi connectivity index (χ3n) is 6.67. The Kier molecular flexibility index (Phi) is 10.8. The van der Waals surface area contributed by atoms with Gasteiger partial charge in [0.2, 0.25) is 17.7 Å². The molecule has 1 aromatic carbocycles. The average molecular weight is 519 g/mol. The van der Waals surface area contributed by atoms with Crippen LogP contribution in [0.1, 0.15) is 38.2 Å². The summed E-state index contributed by atoms with van der Waals surface area (Å²) in [5.41, 5.74) is 0.0758. The first-order chi connectivity index (χ1) is 17.8. The molecule has 2 fully saturated rings. The number of nitrogens with one attached hydrogen (secondary N) is 3. The van der Waals surface area contributed by atoms with Crippen LogP contribution >= 0.6 is 0 Å². The van der Waals surface area contributed by atoms with Crippen molar-refractivity contribution in [2.45, 2.75) is 56.7 Å². The molecular weight excluding hydrogens is 480 g/mol. The van der Waals surface area contributed by atoms with Gasteiger partial charge in [0.05, 0.1) is 19.8 Å². The van der Waals surface area contributed by atoms with E-state index >= 15 is 0 Å².